The van der Waals surface area contributed by atoms with E-state index in [-0.39, 0.29) is 18.0 Å². The maximum atomic E-state index is 12.9. The molecule has 0 aliphatic rings. The molecule has 0 aliphatic heterocycles. The first-order valence-corrected chi connectivity index (χ1v) is 8.90. The number of halogens is 1. The van der Waals surface area contributed by atoms with Crippen LogP contribution in [-0.2, 0) is 16.1 Å². The molecule has 1 N–H and O–H groups in total. The van der Waals surface area contributed by atoms with Crippen LogP contribution in [0.25, 0.3) is 16.7 Å². The summed E-state index contributed by atoms with van der Waals surface area (Å²) in [4.78, 5) is 29.4. The van der Waals surface area contributed by atoms with Gasteiger partial charge in [0.05, 0.1) is 12.0 Å². The number of nitrogens with one attached hydrogen (secondary N) is 1. The summed E-state index contributed by atoms with van der Waals surface area (Å²) in [5, 5.41) is 3.85. The van der Waals surface area contributed by atoms with E-state index in [4.69, 9.17) is 16.3 Å². The highest BCUT2D eigenvalue weighted by molar-refractivity contribution is 6.30. The highest BCUT2D eigenvalue weighted by atomic mass is 35.5. The fourth-order valence-corrected chi connectivity index (χ4v) is 3.13. The minimum Gasteiger partial charge on any atom is -0.383 e. The van der Waals surface area contributed by atoms with E-state index in [1.807, 2.05) is 30.5 Å². The molecular formula is C19H21ClN4O3. The van der Waals surface area contributed by atoms with Crippen molar-refractivity contribution in [2.75, 3.05) is 20.3 Å². The Morgan fingerprint density at radius 3 is 2.63 bits per heavy atom. The number of methoxy groups -OCH3 is 1. The van der Waals surface area contributed by atoms with E-state index in [9.17, 15) is 9.59 Å². The van der Waals surface area contributed by atoms with Crippen LogP contribution in [0.1, 0.15) is 11.3 Å². The van der Waals surface area contributed by atoms with Gasteiger partial charge in [0.1, 0.15) is 12.9 Å². The molecule has 0 atom stereocenters. The van der Waals surface area contributed by atoms with E-state index >= 15 is 0 Å². The van der Waals surface area contributed by atoms with Gasteiger partial charge in [0.15, 0.2) is 5.65 Å². The maximum absolute atomic E-state index is 12.9. The summed E-state index contributed by atoms with van der Waals surface area (Å²) in [5.41, 5.74) is 2.95. The first kappa shape index (κ1) is 19.1. The third-order valence-electron chi connectivity index (χ3n) is 4.51. The van der Waals surface area contributed by atoms with Crippen LogP contribution in [0.15, 0.2) is 35.4 Å². The topological polar surface area (TPSA) is 78.2 Å². The summed E-state index contributed by atoms with van der Waals surface area (Å²) in [7, 11) is 1.56. The van der Waals surface area contributed by atoms with Gasteiger partial charge in [-0.15, -0.1) is 0 Å². The van der Waals surface area contributed by atoms with Crippen molar-refractivity contribution in [2.45, 2.75) is 20.4 Å². The lowest BCUT2D eigenvalue weighted by Crippen LogP contribution is -2.34. The lowest BCUT2D eigenvalue weighted by Gasteiger charge is -2.09. The molecule has 0 radical (unpaired) electrons. The number of carbonyl (C=O) groups excluding carboxylic acids is 1. The van der Waals surface area contributed by atoms with E-state index in [0.717, 1.165) is 16.9 Å². The van der Waals surface area contributed by atoms with Gasteiger partial charge in [-0.3, -0.25) is 18.7 Å². The van der Waals surface area contributed by atoms with Gasteiger partial charge in [-0.25, -0.2) is 4.98 Å². The van der Waals surface area contributed by atoms with Crippen molar-refractivity contribution in [1.29, 1.82) is 0 Å². The number of carbonyl (C=O) groups is 1. The normalized spacial score (nSPS) is 11.1. The highest BCUT2D eigenvalue weighted by Crippen LogP contribution is 2.25. The number of nitrogens with zero attached hydrogens (tertiary/aromatic N) is 3. The monoisotopic (exact) mass is 388 g/mol. The molecule has 27 heavy (non-hydrogen) atoms. The number of fused-ring (bicyclic) bond motifs is 1. The average Bonchev–Trinajstić information content (AvgIpc) is 2.90. The van der Waals surface area contributed by atoms with E-state index in [1.54, 1.807) is 19.2 Å². The van der Waals surface area contributed by atoms with Crippen molar-refractivity contribution >= 4 is 28.5 Å². The van der Waals surface area contributed by atoms with Crippen molar-refractivity contribution in [3.8, 4) is 5.69 Å². The number of aromatic nitrogens is 3. The van der Waals surface area contributed by atoms with Crippen LogP contribution in [0.3, 0.4) is 0 Å². The van der Waals surface area contributed by atoms with Crippen molar-refractivity contribution in [1.82, 2.24) is 19.4 Å². The zero-order chi connectivity index (χ0) is 19.6. The Bertz CT molecular complexity index is 1040. The SMILES string of the molecule is COCCNC(=O)Cn1cnc2c(c(C)c(C)n2-c2ccc(Cl)cc2)c1=O. The molecule has 0 unspecified atom stereocenters. The van der Waals surface area contributed by atoms with E-state index in [1.165, 1.54) is 10.9 Å². The summed E-state index contributed by atoms with van der Waals surface area (Å²) in [6.07, 6.45) is 1.41. The predicted molar refractivity (Wildman–Crippen MR) is 105 cm³/mol. The van der Waals surface area contributed by atoms with Crippen LogP contribution < -0.4 is 10.9 Å². The standard InChI is InChI=1S/C19H21ClN4O3/c1-12-13(2)24(15-6-4-14(20)5-7-15)18-17(12)19(26)23(11-22-18)10-16(25)21-8-9-27-3/h4-7,11H,8-10H2,1-3H3,(H,21,25). The first-order chi connectivity index (χ1) is 12.9. The molecule has 0 bridgehead atoms. The van der Waals surface area contributed by atoms with Gasteiger partial charge >= 0.3 is 0 Å². The molecule has 7 nitrogen and oxygen atoms in total. The molecule has 1 aromatic carbocycles. The van der Waals surface area contributed by atoms with Crippen molar-refractivity contribution in [3.05, 3.63) is 57.2 Å². The zero-order valence-electron chi connectivity index (χ0n) is 15.5. The van der Waals surface area contributed by atoms with Gasteiger partial charge in [0.25, 0.3) is 5.56 Å². The molecule has 3 rings (SSSR count). The maximum Gasteiger partial charge on any atom is 0.263 e. The van der Waals surface area contributed by atoms with Crippen LogP contribution in [-0.4, -0.2) is 40.3 Å². The van der Waals surface area contributed by atoms with Gasteiger partial charge in [-0.1, -0.05) is 11.6 Å². The third-order valence-corrected chi connectivity index (χ3v) is 4.76. The number of aryl methyl sites for hydroxylation is 1. The number of rotatable bonds is 6. The Morgan fingerprint density at radius 2 is 1.96 bits per heavy atom. The van der Waals surface area contributed by atoms with Crippen LogP contribution in [0.2, 0.25) is 5.02 Å². The lowest BCUT2D eigenvalue weighted by atomic mass is 10.2. The van der Waals surface area contributed by atoms with Gasteiger partial charge in [-0.05, 0) is 43.7 Å². The van der Waals surface area contributed by atoms with Gasteiger partial charge in [0, 0.05) is 30.1 Å². The predicted octanol–water partition coefficient (Wildman–Crippen LogP) is 2.22. The van der Waals surface area contributed by atoms with E-state index in [0.29, 0.717) is 29.2 Å². The summed E-state index contributed by atoms with van der Waals surface area (Å²) >= 11 is 5.98. The summed E-state index contributed by atoms with van der Waals surface area (Å²) < 4.78 is 8.14. The molecule has 2 heterocycles. The Kier molecular flexibility index (Phi) is 5.62. The number of benzene rings is 1. The number of amides is 1. The van der Waals surface area contributed by atoms with E-state index in [2.05, 4.69) is 10.3 Å². The molecule has 8 heteroatoms. The number of hydrogen-bond donors (Lipinski definition) is 1. The quantitative estimate of drug-likeness (QED) is 0.657. The molecule has 0 fully saturated rings. The Labute approximate surface area is 161 Å². The average molecular weight is 389 g/mol. The Morgan fingerprint density at radius 1 is 1.26 bits per heavy atom. The molecule has 0 saturated carbocycles. The molecule has 1 amide bonds. The Hall–Kier alpha value is -2.64. The molecule has 0 spiro atoms. The molecular weight excluding hydrogens is 368 g/mol. The second kappa shape index (κ2) is 7.94. The van der Waals surface area contributed by atoms with Crippen molar-refractivity contribution < 1.29 is 9.53 Å². The highest BCUT2D eigenvalue weighted by Gasteiger charge is 2.18. The smallest absolute Gasteiger partial charge is 0.263 e. The molecule has 2 aromatic heterocycles. The second-order valence-electron chi connectivity index (χ2n) is 6.24. The Balaban J connectivity index is 2.02. The summed E-state index contributed by atoms with van der Waals surface area (Å²) in [5.74, 6) is -0.262. The first-order valence-electron chi connectivity index (χ1n) is 8.52. The minimum atomic E-state index is -0.262. The summed E-state index contributed by atoms with van der Waals surface area (Å²) in [6, 6.07) is 7.35. The van der Waals surface area contributed by atoms with Gasteiger partial charge in [-0.2, -0.15) is 0 Å². The molecule has 142 valence electrons. The molecule has 0 aliphatic carbocycles. The largest absolute Gasteiger partial charge is 0.383 e. The van der Waals surface area contributed by atoms with Crippen molar-refractivity contribution in [3.63, 3.8) is 0 Å². The van der Waals surface area contributed by atoms with Gasteiger partial charge in [0.2, 0.25) is 5.91 Å². The summed E-state index contributed by atoms with van der Waals surface area (Å²) in [6.45, 7) is 4.55. The van der Waals surface area contributed by atoms with Crippen LogP contribution in [0.5, 0.6) is 0 Å². The number of hydrogen-bond acceptors (Lipinski definition) is 4. The third kappa shape index (κ3) is 3.74. The second-order valence-corrected chi connectivity index (χ2v) is 6.68. The van der Waals surface area contributed by atoms with Crippen molar-refractivity contribution in [2.24, 2.45) is 0 Å². The fourth-order valence-electron chi connectivity index (χ4n) is 3.01. The van der Waals surface area contributed by atoms with Crippen LogP contribution in [0, 0.1) is 13.8 Å². The lowest BCUT2D eigenvalue weighted by molar-refractivity contribution is -0.121. The zero-order valence-corrected chi connectivity index (χ0v) is 16.2. The number of ether oxygens (including phenoxy) is 1. The molecule has 0 saturated heterocycles. The molecule has 3 aromatic rings. The van der Waals surface area contributed by atoms with Crippen LogP contribution >= 0.6 is 11.6 Å². The fraction of sp³-hybridized carbons (Fsp3) is 0.316. The van der Waals surface area contributed by atoms with Crippen LogP contribution in [0.4, 0.5) is 0 Å². The van der Waals surface area contributed by atoms with Gasteiger partial charge < -0.3 is 10.1 Å². The van der Waals surface area contributed by atoms with E-state index < -0.39 is 0 Å². The minimum absolute atomic E-state index is 0.0872.